The minimum Gasteiger partial charge on any atom is -0.493 e. The molecule has 1 fully saturated rings. The highest BCUT2D eigenvalue weighted by molar-refractivity contribution is 5.69. The molecule has 6 nitrogen and oxygen atoms in total. The molecule has 2 N–H and O–H groups in total. The number of ether oxygens (including phenoxy) is 2. The Morgan fingerprint density at radius 2 is 2.12 bits per heavy atom. The van der Waals surface area contributed by atoms with Crippen LogP contribution in [0, 0.1) is 11.8 Å². The van der Waals surface area contributed by atoms with Crippen LogP contribution in [0.5, 0.6) is 11.5 Å². The molecule has 0 spiro atoms. The Labute approximate surface area is 156 Å². The number of carboxylic acids is 1. The van der Waals surface area contributed by atoms with E-state index >= 15 is 0 Å². The van der Waals surface area contributed by atoms with Crippen molar-refractivity contribution in [3.05, 3.63) is 23.3 Å². The maximum atomic E-state index is 11.2. The number of carbonyl (C=O) groups is 1. The number of nitrogens with zero attached hydrogens (tertiary/aromatic N) is 1. The zero-order valence-electron chi connectivity index (χ0n) is 20.1. The van der Waals surface area contributed by atoms with Gasteiger partial charge in [-0.05, 0) is 48.4 Å². The van der Waals surface area contributed by atoms with Crippen molar-refractivity contribution < 1.29 is 32.7 Å². The van der Waals surface area contributed by atoms with E-state index < -0.39 is 32.1 Å². The normalized spacial score (nSPS) is 31.7. The number of rotatable bonds is 5. The molecule has 2 aliphatic rings. The fourth-order valence-electron chi connectivity index (χ4n) is 4.05. The molecule has 0 saturated carbocycles. The molecule has 1 aromatic carbocycles. The van der Waals surface area contributed by atoms with E-state index in [2.05, 4.69) is 4.90 Å². The summed E-state index contributed by atoms with van der Waals surface area (Å²) in [5.41, 5.74) is 1.56. The largest absolute Gasteiger partial charge is 0.493 e. The maximum Gasteiger partial charge on any atom is 0.306 e. The van der Waals surface area contributed by atoms with Gasteiger partial charge in [-0.3, -0.25) is 9.69 Å². The predicted octanol–water partition coefficient (Wildman–Crippen LogP) is 2.09. The quantitative estimate of drug-likeness (QED) is 0.842. The van der Waals surface area contributed by atoms with Gasteiger partial charge in [-0.15, -0.1) is 0 Å². The zero-order chi connectivity index (χ0) is 23.1. The van der Waals surface area contributed by atoms with Gasteiger partial charge in [0.05, 0.1) is 34.3 Å². The molecule has 0 amide bonds. The molecular weight excluding hydrogens is 322 g/mol. The van der Waals surface area contributed by atoms with Crippen molar-refractivity contribution in [1.82, 2.24) is 4.90 Å². The third-order valence-electron chi connectivity index (χ3n) is 5.45. The fourth-order valence-corrected chi connectivity index (χ4v) is 4.05. The zero-order valence-corrected chi connectivity index (χ0v) is 14.1. The number of carboxylic acid groups (broad SMARTS) is 1. The summed E-state index contributed by atoms with van der Waals surface area (Å²) in [7, 11) is -5.56. The van der Waals surface area contributed by atoms with Gasteiger partial charge in [-0.2, -0.15) is 0 Å². The number of aliphatic hydroxyl groups excluding tert-OH is 1. The van der Waals surface area contributed by atoms with Gasteiger partial charge < -0.3 is 19.7 Å². The number of hydrogen-bond acceptors (Lipinski definition) is 5. The van der Waals surface area contributed by atoms with E-state index in [1.807, 2.05) is 0 Å². The van der Waals surface area contributed by atoms with Crippen molar-refractivity contribution >= 4 is 5.97 Å². The molecular formula is C19H27NO5. The van der Waals surface area contributed by atoms with Crippen molar-refractivity contribution in [2.24, 2.45) is 11.8 Å². The summed E-state index contributed by atoms with van der Waals surface area (Å²) in [5.74, 6) is -1.99. The van der Waals surface area contributed by atoms with Crippen LogP contribution in [0.3, 0.4) is 0 Å². The number of hydrogen-bond donors (Lipinski definition) is 2. The molecule has 3 rings (SSSR count). The fraction of sp³-hybridized carbons (Fsp3) is 0.632. The lowest BCUT2D eigenvalue weighted by Gasteiger charge is -2.46. The van der Waals surface area contributed by atoms with Gasteiger partial charge in [-0.25, -0.2) is 0 Å². The Kier molecular flexibility index (Phi) is 3.39. The van der Waals surface area contributed by atoms with Gasteiger partial charge in [0, 0.05) is 19.1 Å². The molecule has 0 bridgehead atoms. The van der Waals surface area contributed by atoms with E-state index in [1.165, 1.54) is 12.1 Å². The van der Waals surface area contributed by atoms with Gasteiger partial charge in [-0.1, -0.05) is 6.92 Å². The highest BCUT2D eigenvalue weighted by atomic mass is 16.5. The Morgan fingerprint density at radius 1 is 1.40 bits per heavy atom. The molecule has 0 aromatic heterocycles. The third-order valence-corrected chi connectivity index (χ3v) is 5.45. The minimum absolute atomic E-state index is 0.159. The van der Waals surface area contributed by atoms with E-state index in [-0.39, 0.29) is 23.5 Å². The average Bonchev–Trinajstić information content (AvgIpc) is 2.60. The maximum absolute atomic E-state index is 11.2. The topological polar surface area (TPSA) is 79.2 Å². The Bertz CT molecular complexity index is 827. The molecule has 1 aromatic rings. The second-order valence-electron chi connectivity index (χ2n) is 7.00. The molecule has 2 heterocycles. The first-order chi connectivity index (χ1) is 14.2. The summed E-state index contributed by atoms with van der Waals surface area (Å²) in [6.07, 6.45) is 0.593. The van der Waals surface area contributed by atoms with Crippen LogP contribution >= 0.6 is 0 Å². The van der Waals surface area contributed by atoms with Crippen molar-refractivity contribution in [2.45, 2.75) is 38.3 Å². The number of piperidine rings is 1. The van der Waals surface area contributed by atoms with Crippen molar-refractivity contribution in [3.63, 3.8) is 0 Å². The Morgan fingerprint density at radius 3 is 2.80 bits per heavy atom. The van der Waals surface area contributed by atoms with Crippen LogP contribution in [0.15, 0.2) is 12.1 Å². The molecule has 1 saturated heterocycles. The first kappa shape index (κ1) is 11.8. The highest BCUT2D eigenvalue weighted by Crippen LogP contribution is 2.43. The van der Waals surface area contributed by atoms with Crippen molar-refractivity contribution in [3.8, 4) is 11.5 Å². The van der Waals surface area contributed by atoms with Crippen LogP contribution in [0.25, 0.3) is 0 Å². The molecule has 0 radical (unpaired) electrons. The molecule has 0 unspecified atom stereocenters. The van der Waals surface area contributed by atoms with Crippen LogP contribution in [0.4, 0.5) is 0 Å². The summed E-state index contributed by atoms with van der Waals surface area (Å²) >= 11 is 0. The highest BCUT2D eigenvalue weighted by Gasteiger charge is 2.39. The van der Waals surface area contributed by atoms with Crippen LogP contribution in [-0.2, 0) is 11.2 Å². The standard InChI is InChI=1S/C19H27NO5/c1-11(19(22)23)6-13-10-20-5-4-12-7-17(24-2)18(25-3)8-14(12)15(20)9-16(13)21/h7-8,11,13,15-16,21H,4-6,9-10H2,1-3H3,(H,22,23)/t11-,13+,15+,16-/m0/s1/i2D3,3D3. The van der Waals surface area contributed by atoms with Crippen LogP contribution in [-0.4, -0.2) is 54.4 Å². The summed E-state index contributed by atoms with van der Waals surface area (Å²) in [6, 6.07) is 2.79. The number of benzene rings is 1. The van der Waals surface area contributed by atoms with E-state index in [9.17, 15) is 15.0 Å². The second kappa shape index (κ2) is 7.22. The minimum atomic E-state index is -2.79. The second-order valence-corrected chi connectivity index (χ2v) is 7.00. The lowest BCUT2D eigenvalue weighted by molar-refractivity contribution is -0.142. The first-order valence-corrected chi connectivity index (χ1v) is 8.43. The Hall–Kier alpha value is -1.79. The Balaban J connectivity index is 1.90. The molecule has 0 aliphatic carbocycles. The van der Waals surface area contributed by atoms with Gasteiger partial charge in [0.2, 0.25) is 0 Å². The van der Waals surface area contributed by atoms with Gasteiger partial charge in [0.15, 0.2) is 11.5 Å². The number of aliphatic carboxylic acids is 1. The van der Waals surface area contributed by atoms with E-state index in [4.69, 9.17) is 17.7 Å². The predicted molar refractivity (Wildman–Crippen MR) is 93.1 cm³/mol. The van der Waals surface area contributed by atoms with Crippen molar-refractivity contribution in [1.29, 1.82) is 0 Å². The van der Waals surface area contributed by atoms with E-state index in [0.717, 1.165) is 11.1 Å². The van der Waals surface area contributed by atoms with Crippen LogP contribution < -0.4 is 9.47 Å². The number of aliphatic hydroxyl groups is 1. The van der Waals surface area contributed by atoms with E-state index in [1.54, 1.807) is 6.92 Å². The van der Waals surface area contributed by atoms with Crippen LogP contribution in [0.1, 0.15) is 45.2 Å². The molecule has 4 atom stereocenters. The number of methoxy groups -OCH3 is 2. The average molecular weight is 355 g/mol. The van der Waals surface area contributed by atoms with Crippen LogP contribution in [0.2, 0.25) is 0 Å². The molecule has 6 heteroatoms. The third kappa shape index (κ3) is 3.46. The summed E-state index contributed by atoms with van der Waals surface area (Å²) in [6.45, 7) is 2.79. The van der Waals surface area contributed by atoms with Gasteiger partial charge in [0.25, 0.3) is 0 Å². The monoisotopic (exact) mass is 355 g/mol. The SMILES string of the molecule is [2H]C([2H])([2H])Oc1cc2c(cc1OC([2H])([2H])[2H])[C@H]1C[C@H](O)[C@H](C[C@H](C)C(=O)O)CN1CC2. The lowest BCUT2D eigenvalue weighted by Crippen LogP contribution is -2.48. The smallest absolute Gasteiger partial charge is 0.306 e. The van der Waals surface area contributed by atoms with Gasteiger partial charge >= 0.3 is 5.97 Å². The molecule has 138 valence electrons. The first-order valence-electron chi connectivity index (χ1n) is 11.4. The van der Waals surface area contributed by atoms with Gasteiger partial charge in [0.1, 0.15) is 0 Å². The summed E-state index contributed by atoms with van der Waals surface area (Å²) < 4.78 is 54.3. The summed E-state index contributed by atoms with van der Waals surface area (Å²) in [4.78, 5) is 13.4. The molecule has 25 heavy (non-hydrogen) atoms. The summed E-state index contributed by atoms with van der Waals surface area (Å²) in [5, 5.41) is 19.9. The van der Waals surface area contributed by atoms with E-state index in [0.29, 0.717) is 32.4 Å². The molecule has 2 aliphatic heterocycles. The lowest BCUT2D eigenvalue weighted by atomic mass is 9.79. The van der Waals surface area contributed by atoms with Crippen molar-refractivity contribution in [2.75, 3.05) is 27.2 Å². The number of fused-ring (bicyclic) bond motifs is 3.